The Morgan fingerprint density at radius 2 is 1.81 bits per heavy atom. The molecule has 1 heterocycles. The first-order chi connectivity index (χ1) is 12.3. The van der Waals surface area contributed by atoms with Crippen molar-refractivity contribution in [3.8, 4) is 5.75 Å². The minimum atomic E-state index is -0.989. The van der Waals surface area contributed by atoms with Crippen LogP contribution >= 0.6 is 0 Å². The van der Waals surface area contributed by atoms with Gasteiger partial charge in [0.1, 0.15) is 17.7 Å². The Morgan fingerprint density at radius 3 is 2.42 bits per heavy atom. The molecule has 0 fully saturated rings. The van der Waals surface area contributed by atoms with Gasteiger partial charge in [-0.1, -0.05) is 51.1 Å². The largest absolute Gasteiger partial charge is 0.542 e. The van der Waals surface area contributed by atoms with Gasteiger partial charge in [-0.2, -0.15) is 0 Å². The zero-order valence-corrected chi connectivity index (χ0v) is 17.0. The molecule has 0 amide bonds. The van der Waals surface area contributed by atoms with Gasteiger partial charge in [0, 0.05) is 5.56 Å². The smallest absolute Gasteiger partial charge is 0.274 e. The van der Waals surface area contributed by atoms with Gasteiger partial charge in [0.15, 0.2) is 0 Å². The summed E-state index contributed by atoms with van der Waals surface area (Å²) in [6.07, 6.45) is -0.166. The van der Waals surface area contributed by atoms with E-state index in [1.165, 1.54) is 0 Å². The van der Waals surface area contributed by atoms with E-state index in [4.69, 9.17) is 9.16 Å². The van der Waals surface area contributed by atoms with E-state index in [-0.39, 0.29) is 17.3 Å². The second-order valence-electron chi connectivity index (χ2n) is 7.72. The van der Waals surface area contributed by atoms with Crippen molar-refractivity contribution in [1.29, 1.82) is 0 Å². The third-order valence-corrected chi connectivity index (χ3v) is 4.85. The molecule has 3 rings (SSSR count). The summed E-state index contributed by atoms with van der Waals surface area (Å²) < 4.78 is 27.4. The van der Waals surface area contributed by atoms with Gasteiger partial charge in [-0.15, -0.1) is 0 Å². The molecule has 0 N–H and O–H groups in total. The summed E-state index contributed by atoms with van der Waals surface area (Å²) in [6, 6.07) is 13.5. The van der Waals surface area contributed by atoms with Crippen molar-refractivity contribution in [1.82, 2.24) is 0 Å². The van der Waals surface area contributed by atoms with E-state index in [2.05, 4.69) is 4.99 Å². The summed E-state index contributed by atoms with van der Waals surface area (Å²) in [7, 11) is -0.989. The maximum absolute atomic E-state index is 15.4. The number of hydrogen-bond acceptors (Lipinski definition) is 3. The molecule has 2 aromatic rings. The van der Waals surface area contributed by atoms with E-state index in [1.54, 1.807) is 6.07 Å². The normalized spacial score (nSPS) is 17.2. The van der Waals surface area contributed by atoms with Crippen molar-refractivity contribution in [2.45, 2.75) is 45.4 Å². The maximum Gasteiger partial charge on any atom is 0.274 e. The highest BCUT2D eigenvalue weighted by Gasteiger charge is 2.30. The molecule has 0 bridgehead atoms. The van der Waals surface area contributed by atoms with E-state index in [0.29, 0.717) is 29.3 Å². The number of aliphatic imine (C=N–C) groups is 1. The standard InChI is InChI=1S/C21H25FNO2Si/c1-21(2,3)18-16(25-26(4)5)12-11-15(19(18)22)20-23-13-17(24-20)14-9-7-6-8-10-14/h6-12,17H,13H2,1-5H3/t17-/m0/s1. The molecule has 5 heteroatoms. The number of benzene rings is 2. The van der Waals surface area contributed by atoms with Crippen LogP contribution in [0.2, 0.25) is 13.1 Å². The van der Waals surface area contributed by atoms with E-state index >= 15 is 4.39 Å². The molecule has 0 spiro atoms. The summed E-state index contributed by atoms with van der Waals surface area (Å²) in [5, 5.41) is 0. The van der Waals surface area contributed by atoms with E-state index in [1.807, 2.05) is 70.3 Å². The van der Waals surface area contributed by atoms with Crippen molar-refractivity contribution in [3.63, 3.8) is 0 Å². The third-order valence-electron chi connectivity index (χ3n) is 4.22. The predicted molar refractivity (Wildman–Crippen MR) is 105 cm³/mol. The lowest BCUT2D eigenvalue weighted by Gasteiger charge is -2.26. The first-order valence-corrected chi connectivity index (χ1v) is 11.3. The molecule has 1 aliphatic rings. The lowest BCUT2D eigenvalue weighted by atomic mass is 9.84. The Hall–Kier alpha value is -2.14. The van der Waals surface area contributed by atoms with Crippen molar-refractivity contribution in [2.75, 3.05) is 6.54 Å². The fraction of sp³-hybridized carbons (Fsp3) is 0.381. The van der Waals surface area contributed by atoms with Crippen LogP contribution in [0.1, 0.15) is 43.6 Å². The Labute approximate surface area is 156 Å². The van der Waals surface area contributed by atoms with Crippen LogP contribution in [0.15, 0.2) is 47.5 Å². The number of hydrogen-bond donors (Lipinski definition) is 0. The molecule has 3 nitrogen and oxygen atoms in total. The lowest BCUT2D eigenvalue weighted by molar-refractivity contribution is 0.229. The molecule has 0 saturated carbocycles. The summed E-state index contributed by atoms with van der Waals surface area (Å²) in [5.41, 5.74) is 1.65. The summed E-state index contributed by atoms with van der Waals surface area (Å²) in [4.78, 5) is 4.46. The second-order valence-corrected chi connectivity index (χ2v) is 9.74. The van der Waals surface area contributed by atoms with Crippen molar-refractivity contribution < 1.29 is 13.6 Å². The van der Waals surface area contributed by atoms with Crippen molar-refractivity contribution in [2.24, 2.45) is 4.99 Å². The Bertz CT molecular complexity index is 813. The Kier molecular flexibility index (Phi) is 5.19. The summed E-state index contributed by atoms with van der Waals surface area (Å²) in [6.45, 7) is 10.5. The van der Waals surface area contributed by atoms with Crippen molar-refractivity contribution in [3.05, 3.63) is 65.0 Å². The van der Waals surface area contributed by atoms with Crippen LogP contribution in [0.3, 0.4) is 0 Å². The van der Waals surface area contributed by atoms with Gasteiger partial charge in [-0.05, 0) is 36.2 Å². The summed E-state index contributed by atoms with van der Waals surface area (Å²) in [5.74, 6) is 0.688. The van der Waals surface area contributed by atoms with Gasteiger partial charge in [-0.25, -0.2) is 9.38 Å². The minimum Gasteiger partial charge on any atom is -0.542 e. The Balaban J connectivity index is 1.94. The first-order valence-electron chi connectivity index (χ1n) is 8.85. The van der Waals surface area contributed by atoms with Crippen LogP contribution in [0.4, 0.5) is 4.39 Å². The minimum absolute atomic E-state index is 0.166. The van der Waals surface area contributed by atoms with Crippen LogP contribution in [-0.2, 0) is 10.2 Å². The first kappa shape index (κ1) is 18.6. The molecule has 2 aromatic carbocycles. The average Bonchev–Trinajstić information content (AvgIpc) is 3.04. The van der Waals surface area contributed by atoms with E-state index in [0.717, 1.165) is 5.56 Å². The SMILES string of the molecule is C[Si](C)Oc1ccc(C2=NC[C@@H](c3ccccc3)O2)c(F)c1C(C)(C)C. The van der Waals surface area contributed by atoms with Gasteiger partial charge in [-0.3, -0.25) is 0 Å². The molecule has 26 heavy (non-hydrogen) atoms. The number of rotatable bonds is 4. The maximum atomic E-state index is 15.4. The van der Waals surface area contributed by atoms with Crippen LogP contribution in [-0.4, -0.2) is 21.5 Å². The van der Waals surface area contributed by atoms with Gasteiger partial charge >= 0.3 is 0 Å². The van der Waals surface area contributed by atoms with Gasteiger partial charge in [0.25, 0.3) is 9.04 Å². The second kappa shape index (κ2) is 7.23. The van der Waals surface area contributed by atoms with E-state index < -0.39 is 9.04 Å². The van der Waals surface area contributed by atoms with Crippen LogP contribution < -0.4 is 4.43 Å². The monoisotopic (exact) mass is 370 g/mol. The Morgan fingerprint density at radius 1 is 1.12 bits per heavy atom. The molecule has 0 unspecified atom stereocenters. The van der Waals surface area contributed by atoms with Gasteiger partial charge in [0.05, 0.1) is 12.1 Å². The molecule has 1 aliphatic heterocycles. The van der Waals surface area contributed by atoms with Crippen LogP contribution in [0, 0.1) is 5.82 Å². The topological polar surface area (TPSA) is 30.8 Å². The van der Waals surface area contributed by atoms with Crippen LogP contribution in [0.5, 0.6) is 5.75 Å². The van der Waals surface area contributed by atoms with E-state index in [9.17, 15) is 0 Å². The molecule has 137 valence electrons. The zero-order chi connectivity index (χ0) is 18.9. The number of ether oxygens (including phenoxy) is 1. The highest BCUT2D eigenvalue weighted by molar-refractivity contribution is 6.49. The van der Waals surface area contributed by atoms with Gasteiger partial charge < -0.3 is 9.16 Å². The molecule has 1 radical (unpaired) electrons. The quantitative estimate of drug-likeness (QED) is 0.686. The highest BCUT2D eigenvalue weighted by Crippen LogP contribution is 2.37. The fourth-order valence-electron chi connectivity index (χ4n) is 3.09. The molecular formula is C21H25FNO2Si. The molecule has 0 saturated heterocycles. The average molecular weight is 371 g/mol. The van der Waals surface area contributed by atoms with Crippen LogP contribution in [0.25, 0.3) is 0 Å². The lowest BCUT2D eigenvalue weighted by Crippen LogP contribution is -2.21. The summed E-state index contributed by atoms with van der Waals surface area (Å²) >= 11 is 0. The number of halogens is 1. The molecule has 0 aromatic heterocycles. The zero-order valence-electron chi connectivity index (χ0n) is 16.0. The number of nitrogens with zero attached hydrogens (tertiary/aromatic N) is 1. The molecular weight excluding hydrogens is 345 g/mol. The van der Waals surface area contributed by atoms with Crippen molar-refractivity contribution >= 4 is 14.9 Å². The molecule has 1 atom stereocenters. The van der Waals surface area contributed by atoms with Gasteiger partial charge in [0.2, 0.25) is 5.90 Å². The predicted octanol–water partition coefficient (Wildman–Crippen LogP) is 5.27. The third kappa shape index (κ3) is 3.83. The fourth-order valence-corrected chi connectivity index (χ4v) is 3.70. The molecule has 0 aliphatic carbocycles. The highest BCUT2D eigenvalue weighted by atomic mass is 28.3.